The summed E-state index contributed by atoms with van der Waals surface area (Å²) < 4.78 is 21.8. The highest BCUT2D eigenvalue weighted by Gasteiger charge is 2.62. The number of ketones is 1. The van der Waals surface area contributed by atoms with Gasteiger partial charge in [-0.15, -0.1) is 0 Å². The molecular weight excluding hydrogens is 429 g/mol. The van der Waals surface area contributed by atoms with Crippen LogP contribution in [0, 0.1) is 46.5 Å². The summed E-state index contributed by atoms with van der Waals surface area (Å²) in [7, 11) is 1.60. The second-order valence-corrected chi connectivity index (χ2v) is 11.9. The summed E-state index contributed by atoms with van der Waals surface area (Å²) in [4.78, 5) is 13.5. The highest BCUT2D eigenvalue weighted by atomic mass is 19.1. The van der Waals surface area contributed by atoms with Crippen LogP contribution in [0.15, 0.2) is 23.3 Å². The van der Waals surface area contributed by atoms with Crippen molar-refractivity contribution in [2.75, 3.05) is 19.0 Å². The molecule has 186 valence electrons. The van der Waals surface area contributed by atoms with Crippen LogP contribution in [0.4, 0.5) is 15.8 Å². The molecule has 1 aromatic rings. The van der Waals surface area contributed by atoms with Crippen LogP contribution in [0.3, 0.4) is 0 Å². The van der Waals surface area contributed by atoms with Gasteiger partial charge in [-0.05, 0) is 105 Å². The lowest BCUT2D eigenvalue weighted by Crippen LogP contribution is -2.56. The van der Waals surface area contributed by atoms with Crippen molar-refractivity contribution in [3.8, 4) is 5.75 Å². The Bertz CT molecular complexity index is 954. The quantitative estimate of drug-likeness (QED) is 0.428. The predicted molar refractivity (Wildman–Crippen MR) is 131 cm³/mol. The zero-order chi connectivity index (χ0) is 24.1. The van der Waals surface area contributed by atoms with E-state index in [1.165, 1.54) is 0 Å². The summed E-state index contributed by atoms with van der Waals surface area (Å²) in [6, 6.07) is 5.28. The second kappa shape index (κ2) is 8.91. The molecule has 0 radical (unpaired) electrons. The van der Waals surface area contributed by atoms with E-state index < -0.39 is 5.67 Å². The zero-order valence-electron chi connectivity index (χ0n) is 20.9. The van der Waals surface area contributed by atoms with Gasteiger partial charge in [-0.25, -0.2) is 9.92 Å². The number of fused-ring (bicyclic) bond motifs is 5. The van der Waals surface area contributed by atoms with Gasteiger partial charge in [-0.3, -0.25) is 4.79 Å². The first-order valence-electron chi connectivity index (χ1n) is 13.3. The van der Waals surface area contributed by atoms with Crippen LogP contribution in [-0.4, -0.2) is 25.1 Å². The molecule has 4 aliphatic carbocycles. The van der Waals surface area contributed by atoms with Gasteiger partial charge in [-0.1, -0.05) is 13.8 Å². The summed E-state index contributed by atoms with van der Waals surface area (Å²) in [6.45, 7) is 4.83. The molecule has 1 aromatic carbocycles. The van der Waals surface area contributed by atoms with Crippen LogP contribution in [0.25, 0.3) is 0 Å². The van der Waals surface area contributed by atoms with Gasteiger partial charge >= 0.3 is 0 Å². The van der Waals surface area contributed by atoms with E-state index in [1.807, 2.05) is 0 Å². The molecule has 4 saturated carbocycles. The molecule has 2 unspecified atom stereocenters. The Morgan fingerprint density at radius 1 is 1.18 bits per heavy atom. The lowest BCUT2D eigenvalue weighted by Gasteiger charge is -2.58. The van der Waals surface area contributed by atoms with Crippen LogP contribution in [0.2, 0.25) is 0 Å². The fraction of sp³-hybridized carbons (Fsp3) is 0.750. The third-order valence-electron chi connectivity index (χ3n) is 10.5. The topological polar surface area (TPSA) is 74.5 Å². The molecule has 5 rings (SSSR count). The van der Waals surface area contributed by atoms with Crippen LogP contribution in [0.5, 0.6) is 5.75 Å². The third kappa shape index (κ3) is 3.76. The van der Waals surface area contributed by atoms with Crippen molar-refractivity contribution in [2.24, 2.45) is 46.0 Å². The standard InChI is InChI=1S/C28H40FN3O2/c1-17-10-13-28(29)18(14-17)4-6-20-21-7-8-23(27(21,2)12-11-22(20)28)26(33)16-31-25-15-19(34-3)5-9-24(25)32-30/h5,9,15,17-18,20-23,30-31H,4,6-8,10-14,16H2,1-3H3/t17-,18+,20-,21?,22?,23+,27-,28+/m0/s1. The number of Topliss-reactive ketones (excluding diaryl/α,β-unsaturated/α-hetero) is 1. The summed E-state index contributed by atoms with van der Waals surface area (Å²) in [6.07, 6.45) is 8.89. The first-order chi connectivity index (χ1) is 16.3. The number of nitrogens with zero attached hydrogens (tertiary/aromatic N) is 1. The van der Waals surface area contributed by atoms with E-state index in [2.05, 4.69) is 24.3 Å². The van der Waals surface area contributed by atoms with Crippen LogP contribution in [0.1, 0.15) is 71.6 Å². The predicted octanol–water partition coefficient (Wildman–Crippen LogP) is 7.34. The normalized spacial score (nSPS) is 41.1. The maximum atomic E-state index is 16.5. The van der Waals surface area contributed by atoms with Gasteiger partial charge in [0, 0.05) is 12.0 Å². The summed E-state index contributed by atoms with van der Waals surface area (Å²) in [5.74, 6) is 2.93. The average molecular weight is 470 g/mol. The Kier molecular flexibility index (Phi) is 6.22. The molecule has 0 aliphatic heterocycles. The second-order valence-electron chi connectivity index (χ2n) is 11.9. The maximum Gasteiger partial charge on any atom is 0.155 e. The Hall–Kier alpha value is -1.98. The molecule has 4 aliphatic rings. The summed E-state index contributed by atoms with van der Waals surface area (Å²) >= 11 is 0. The van der Waals surface area contributed by atoms with Crippen molar-refractivity contribution in [1.29, 1.82) is 5.53 Å². The van der Waals surface area contributed by atoms with E-state index in [0.717, 1.165) is 57.8 Å². The van der Waals surface area contributed by atoms with E-state index in [9.17, 15) is 4.79 Å². The minimum absolute atomic E-state index is 0.0209. The summed E-state index contributed by atoms with van der Waals surface area (Å²) in [5, 5.41) is 6.80. The first kappa shape index (κ1) is 23.7. The molecule has 8 atom stereocenters. The van der Waals surface area contributed by atoms with Crippen molar-refractivity contribution in [2.45, 2.75) is 77.3 Å². The van der Waals surface area contributed by atoms with Crippen molar-refractivity contribution in [3.05, 3.63) is 18.2 Å². The maximum absolute atomic E-state index is 16.5. The highest BCUT2D eigenvalue weighted by Crippen LogP contribution is 2.66. The largest absolute Gasteiger partial charge is 0.497 e. The average Bonchev–Trinajstić information content (AvgIpc) is 3.20. The molecule has 4 fully saturated rings. The molecule has 5 nitrogen and oxygen atoms in total. The smallest absolute Gasteiger partial charge is 0.155 e. The van der Waals surface area contributed by atoms with Crippen molar-refractivity contribution in [1.82, 2.24) is 0 Å². The number of carbonyl (C=O) groups is 1. The van der Waals surface area contributed by atoms with Crippen LogP contribution >= 0.6 is 0 Å². The number of nitrogens with one attached hydrogen (secondary N) is 2. The van der Waals surface area contributed by atoms with E-state index >= 15 is 4.39 Å². The molecule has 6 heteroatoms. The molecule has 2 N–H and O–H groups in total. The number of carbonyl (C=O) groups excluding carboxylic acids is 1. The number of rotatable bonds is 6. The van der Waals surface area contributed by atoms with E-state index in [0.29, 0.717) is 34.9 Å². The number of methoxy groups -OCH3 is 1. The molecular formula is C28H40FN3O2. The SMILES string of the molecule is COc1ccc(N=N)c(NCC(=O)[C@H]2CCC3[C@@H]4CC[C@@H]5C[C@@H](C)CC[C@]5(F)C4CC[C@@]32C)c1. The van der Waals surface area contributed by atoms with Gasteiger partial charge in [0.2, 0.25) is 0 Å². The van der Waals surface area contributed by atoms with E-state index in [4.69, 9.17) is 10.3 Å². The van der Waals surface area contributed by atoms with Gasteiger partial charge in [0.15, 0.2) is 5.78 Å². The van der Waals surface area contributed by atoms with Crippen molar-refractivity contribution < 1.29 is 13.9 Å². The number of anilines is 1. The number of halogens is 1. The van der Waals surface area contributed by atoms with Gasteiger partial charge in [0.1, 0.15) is 17.1 Å². The van der Waals surface area contributed by atoms with Crippen LogP contribution in [-0.2, 0) is 4.79 Å². The number of ether oxygens (including phenoxy) is 1. The molecule has 0 spiro atoms. The molecule has 0 amide bonds. The Balaban J connectivity index is 1.29. The van der Waals surface area contributed by atoms with Crippen LogP contribution < -0.4 is 10.1 Å². The Morgan fingerprint density at radius 3 is 2.76 bits per heavy atom. The first-order valence-corrected chi connectivity index (χ1v) is 13.3. The number of alkyl halides is 1. The molecule has 0 heterocycles. The molecule has 0 saturated heterocycles. The molecule has 0 bridgehead atoms. The fourth-order valence-corrected chi connectivity index (χ4v) is 8.71. The van der Waals surface area contributed by atoms with Gasteiger partial charge < -0.3 is 10.1 Å². The molecule has 34 heavy (non-hydrogen) atoms. The zero-order valence-corrected chi connectivity index (χ0v) is 20.9. The minimum atomic E-state index is -0.969. The monoisotopic (exact) mass is 469 g/mol. The van der Waals surface area contributed by atoms with Gasteiger partial charge in [0.25, 0.3) is 0 Å². The third-order valence-corrected chi connectivity index (χ3v) is 10.5. The Labute approximate surface area is 203 Å². The van der Waals surface area contributed by atoms with Crippen molar-refractivity contribution in [3.63, 3.8) is 0 Å². The number of benzene rings is 1. The highest BCUT2D eigenvalue weighted by molar-refractivity contribution is 5.87. The lowest BCUT2D eigenvalue weighted by atomic mass is 9.48. The number of hydrogen-bond donors (Lipinski definition) is 2. The van der Waals surface area contributed by atoms with Crippen molar-refractivity contribution >= 4 is 17.2 Å². The van der Waals surface area contributed by atoms with E-state index in [1.54, 1.807) is 25.3 Å². The fourth-order valence-electron chi connectivity index (χ4n) is 8.71. The lowest BCUT2D eigenvalue weighted by molar-refractivity contribution is -0.145. The van der Waals surface area contributed by atoms with E-state index in [-0.39, 0.29) is 35.5 Å². The Morgan fingerprint density at radius 2 is 2.00 bits per heavy atom. The number of hydrogen-bond acceptors (Lipinski definition) is 5. The van der Waals surface area contributed by atoms with Gasteiger partial charge in [0.05, 0.1) is 19.3 Å². The summed E-state index contributed by atoms with van der Waals surface area (Å²) in [5.41, 5.74) is 7.57. The molecule has 0 aromatic heterocycles. The minimum Gasteiger partial charge on any atom is -0.497 e. The van der Waals surface area contributed by atoms with Gasteiger partial charge in [-0.2, -0.15) is 5.11 Å².